The van der Waals surface area contributed by atoms with Crippen LogP contribution in [0.2, 0.25) is 0 Å². The molecule has 0 bridgehead atoms. The number of aromatic nitrogens is 4. The van der Waals surface area contributed by atoms with Crippen molar-refractivity contribution in [2.45, 2.75) is 26.1 Å². The molecule has 0 aliphatic carbocycles. The van der Waals surface area contributed by atoms with Crippen molar-refractivity contribution in [3.63, 3.8) is 0 Å². The highest BCUT2D eigenvalue weighted by molar-refractivity contribution is 7.07. The van der Waals surface area contributed by atoms with Crippen molar-refractivity contribution in [1.29, 1.82) is 0 Å². The number of thiophene rings is 1. The van der Waals surface area contributed by atoms with Crippen LogP contribution in [0.3, 0.4) is 0 Å². The normalized spacial score (nSPS) is 17.5. The number of hydrogen-bond acceptors (Lipinski definition) is 4. The van der Waals surface area contributed by atoms with Crippen molar-refractivity contribution in [2.24, 2.45) is 5.92 Å². The van der Waals surface area contributed by atoms with Crippen LogP contribution in [-0.2, 0) is 30.8 Å². The zero-order valence-electron chi connectivity index (χ0n) is 13.3. The van der Waals surface area contributed by atoms with Crippen LogP contribution in [0.1, 0.15) is 11.4 Å². The van der Waals surface area contributed by atoms with Crippen molar-refractivity contribution in [3.05, 3.63) is 59.1 Å². The first kappa shape index (κ1) is 15.1. The maximum absolute atomic E-state index is 12.8. The number of amides is 1. The topological polar surface area (TPSA) is 56.0 Å². The van der Waals surface area contributed by atoms with E-state index in [-0.39, 0.29) is 5.91 Å². The molecule has 7 heteroatoms. The molecule has 0 fully saturated rings. The third kappa shape index (κ3) is 3.26. The van der Waals surface area contributed by atoms with E-state index in [0.29, 0.717) is 18.9 Å². The molecule has 0 saturated carbocycles. The van der Waals surface area contributed by atoms with Gasteiger partial charge in [-0.05, 0) is 28.5 Å². The zero-order chi connectivity index (χ0) is 16.4. The molecule has 1 aliphatic heterocycles. The van der Waals surface area contributed by atoms with Gasteiger partial charge in [-0.15, -0.1) is 0 Å². The molecule has 0 spiro atoms. The zero-order valence-corrected chi connectivity index (χ0v) is 14.1. The van der Waals surface area contributed by atoms with Crippen LogP contribution in [-0.4, -0.2) is 36.7 Å². The maximum atomic E-state index is 12.8. The molecule has 1 aliphatic rings. The lowest BCUT2D eigenvalue weighted by atomic mass is 10.1. The number of carbonyl (C=O) groups is 1. The van der Waals surface area contributed by atoms with Crippen LogP contribution in [0.4, 0.5) is 0 Å². The highest BCUT2D eigenvalue weighted by Crippen LogP contribution is 2.18. The van der Waals surface area contributed by atoms with Gasteiger partial charge in [0, 0.05) is 50.3 Å². The molecule has 0 unspecified atom stereocenters. The van der Waals surface area contributed by atoms with E-state index in [1.165, 1.54) is 0 Å². The monoisotopic (exact) mass is 341 g/mol. The molecule has 24 heavy (non-hydrogen) atoms. The fourth-order valence-electron chi connectivity index (χ4n) is 3.20. The van der Waals surface area contributed by atoms with Crippen molar-refractivity contribution in [3.8, 4) is 0 Å². The predicted molar refractivity (Wildman–Crippen MR) is 91.4 cm³/mol. The SMILES string of the molecule is O=C(Cc1ccsc1)N1Cc2nccn2C[C@@H](Cn2cccn2)C1. The van der Waals surface area contributed by atoms with Gasteiger partial charge in [-0.1, -0.05) is 0 Å². The molecule has 3 aromatic rings. The summed E-state index contributed by atoms with van der Waals surface area (Å²) in [7, 11) is 0. The summed E-state index contributed by atoms with van der Waals surface area (Å²) < 4.78 is 4.10. The minimum absolute atomic E-state index is 0.162. The number of carbonyl (C=O) groups excluding carboxylic acids is 1. The van der Waals surface area contributed by atoms with E-state index < -0.39 is 0 Å². The second kappa shape index (κ2) is 6.60. The van der Waals surface area contributed by atoms with Crippen LogP contribution < -0.4 is 0 Å². The van der Waals surface area contributed by atoms with Gasteiger partial charge in [0.2, 0.25) is 5.91 Å². The summed E-state index contributed by atoms with van der Waals surface area (Å²) in [5, 5.41) is 8.36. The van der Waals surface area contributed by atoms with E-state index in [1.807, 2.05) is 51.1 Å². The molecule has 4 heterocycles. The van der Waals surface area contributed by atoms with Gasteiger partial charge in [-0.3, -0.25) is 9.48 Å². The van der Waals surface area contributed by atoms with Gasteiger partial charge in [0.15, 0.2) is 0 Å². The fourth-order valence-corrected chi connectivity index (χ4v) is 3.87. The molecule has 124 valence electrons. The summed E-state index contributed by atoms with van der Waals surface area (Å²) in [6.45, 7) is 2.96. The average Bonchev–Trinajstić information content (AvgIpc) is 3.30. The van der Waals surface area contributed by atoms with Crippen molar-refractivity contribution >= 4 is 17.2 Å². The number of hydrogen-bond donors (Lipinski definition) is 0. The molecule has 0 aromatic carbocycles. The lowest BCUT2D eigenvalue weighted by Crippen LogP contribution is -2.36. The van der Waals surface area contributed by atoms with Gasteiger partial charge in [-0.25, -0.2) is 4.98 Å². The first-order valence-electron chi connectivity index (χ1n) is 8.04. The number of imidazole rings is 1. The van der Waals surface area contributed by atoms with Gasteiger partial charge in [0.05, 0.1) is 13.0 Å². The van der Waals surface area contributed by atoms with E-state index in [0.717, 1.165) is 31.0 Å². The Labute approximate surface area is 144 Å². The highest BCUT2D eigenvalue weighted by atomic mass is 32.1. The Kier molecular flexibility index (Phi) is 4.17. The highest BCUT2D eigenvalue weighted by Gasteiger charge is 2.26. The van der Waals surface area contributed by atoms with Gasteiger partial charge in [0.1, 0.15) is 5.82 Å². The molecule has 4 rings (SSSR count). The summed E-state index contributed by atoms with van der Waals surface area (Å²) >= 11 is 1.63. The van der Waals surface area contributed by atoms with E-state index in [2.05, 4.69) is 14.6 Å². The Morgan fingerprint density at radius 2 is 2.25 bits per heavy atom. The van der Waals surface area contributed by atoms with Gasteiger partial charge < -0.3 is 9.47 Å². The van der Waals surface area contributed by atoms with Gasteiger partial charge in [0.25, 0.3) is 0 Å². The van der Waals surface area contributed by atoms with Crippen LogP contribution >= 0.6 is 11.3 Å². The largest absolute Gasteiger partial charge is 0.335 e. The molecular weight excluding hydrogens is 322 g/mol. The standard InChI is InChI=1S/C17H19N5OS/c23-17(8-14-2-7-24-13-14)21-10-15(11-22-5-1-3-19-22)9-20-6-4-18-16(20)12-21/h1-7,13,15H,8-12H2/t15-/m1/s1. The Hall–Kier alpha value is -2.41. The van der Waals surface area contributed by atoms with E-state index in [9.17, 15) is 4.79 Å². The Morgan fingerprint density at radius 1 is 1.29 bits per heavy atom. The second-order valence-corrected chi connectivity index (χ2v) is 6.95. The molecule has 0 N–H and O–H groups in total. The summed E-state index contributed by atoms with van der Waals surface area (Å²) in [4.78, 5) is 19.1. The predicted octanol–water partition coefficient (Wildman–Crippen LogP) is 2.04. The van der Waals surface area contributed by atoms with Gasteiger partial charge in [-0.2, -0.15) is 16.4 Å². The van der Waals surface area contributed by atoms with Crippen LogP contribution in [0.5, 0.6) is 0 Å². The molecule has 6 nitrogen and oxygen atoms in total. The number of fused-ring (bicyclic) bond motifs is 1. The lowest BCUT2D eigenvalue weighted by molar-refractivity contribution is -0.131. The molecule has 1 atom stereocenters. The van der Waals surface area contributed by atoms with Gasteiger partial charge >= 0.3 is 0 Å². The molecule has 3 aromatic heterocycles. The van der Waals surface area contributed by atoms with Crippen molar-refractivity contribution < 1.29 is 4.79 Å². The van der Waals surface area contributed by atoms with Crippen LogP contribution in [0, 0.1) is 5.92 Å². The smallest absolute Gasteiger partial charge is 0.227 e. The minimum atomic E-state index is 0.162. The molecular formula is C17H19N5OS. The third-order valence-corrected chi connectivity index (χ3v) is 5.09. The summed E-state index contributed by atoms with van der Waals surface area (Å²) in [5.41, 5.74) is 1.08. The Bertz CT molecular complexity index is 793. The first-order chi connectivity index (χ1) is 11.8. The second-order valence-electron chi connectivity index (χ2n) is 6.17. The number of rotatable bonds is 4. The Morgan fingerprint density at radius 3 is 3.04 bits per heavy atom. The lowest BCUT2D eigenvalue weighted by Gasteiger charge is -2.24. The van der Waals surface area contributed by atoms with Crippen molar-refractivity contribution in [2.75, 3.05) is 6.54 Å². The average molecular weight is 341 g/mol. The summed E-state index contributed by atoms with van der Waals surface area (Å²) in [6, 6.07) is 3.95. The Balaban J connectivity index is 1.53. The quantitative estimate of drug-likeness (QED) is 0.730. The third-order valence-electron chi connectivity index (χ3n) is 4.36. The number of nitrogens with zero attached hydrogens (tertiary/aromatic N) is 5. The summed E-state index contributed by atoms with van der Waals surface area (Å²) in [5.74, 6) is 1.43. The molecule has 0 saturated heterocycles. The molecule has 0 radical (unpaired) electrons. The minimum Gasteiger partial charge on any atom is -0.335 e. The molecule has 1 amide bonds. The van der Waals surface area contributed by atoms with E-state index >= 15 is 0 Å². The first-order valence-corrected chi connectivity index (χ1v) is 8.98. The van der Waals surface area contributed by atoms with Crippen LogP contribution in [0.15, 0.2) is 47.7 Å². The summed E-state index contributed by atoms with van der Waals surface area (Å²) in [6.07, 6.45) is 8.03. The van der Waals surface area contributed by atoms with Crippen molar-refractivity contribution in [1.82, 2.24) is 24.2 Å². The van der Waals surface area contributed by atoms with E-state index in [1.54, 1.807) is 17.5 Å². The van der Waals surface area contributed by atoms with Crippen LogP contribution in [0.25, 0.3) is 0 Å². The fraction of sp³-hybridized carbons (Fsp3) is 0.353. The maximum Gasteiger partial charge on any atom is 0.227 e. The van der Waals surface area contributed by atoms with E-state index in [4.69, 9.17) is 0 Å².